The average molecular weight is 264 g/mol. The third-order valence-corrected chi connectivity index (χ3v) is 4.14. The second-order valence-electron chi connectivity index (χ2n) is 5.59. The van der Waals surface area contributed by atoms with Crippen molar-refractivity contribution in [2.75, 3.05) is 20.1 Å². The van der Waals surface area contributed by atoms with Crippen LogP contribution in [-0.2, 0) is 11.3 Å². The predicted molar refractivity (Wildman–Crippen MR) is 74.7 cm³/mol. The molecule has 1 saturated heterocycles. The molecular formula is C15H24N2O2. The molecule has 4 nitrogen and oxygen atoms in total. The molecule has 1 aromatic heterocycles. The van der Waals surface area contributed by atoms with E-state index in [1.54, 1.807) is 4.90 Å². The number of furan rings is 1. The minimum Gasteiger partial charge on any atom is -0.464 e. The Morgan fingerprint density at radius 1 is 1.53 bits per heavy atom. The fourth-order valence-corrected chi connectivity index (χ4v) is 2.88. The van der Waals surface area contributed by atoms with Gasteiger partial charge in [-0.25, -0.2) is 0 Å². The van der Waals surface area contributed by atoms with Crippen molar-refractivity contribution >= 4 is 5.91 Å². The van der Waals surface area contributed by atoms with Crippen molar-refractivity contribution in [1.29, 1.82) is 0 Å². The van der Waals surface area contributed by atoms with E-state index in [-0.39, 0.29) is 11.3 Å². The van der Waals surface area contributed by atoms with E-state index in [0.717, 1.165) is 43.9 Å². The van der Waals surface area contributed by atoms with Gasteiger partial charge in [0.25, 0.3) is 0 Å². The number of carbonyl (C=O) groups is 1. The van der Waals surface area contributed by atoms with Crippen LogP contribution in [0.1, 0.15) is 37.7 Å². The molecule has 0 saturated carbocycles. The van der Waals surface area contributed by atoms with Crippen LogP contribution in [0.25, 0.3) is 0 Å². The number of hydrogen-bond acceptors (Lipinski definition) is 3. The van der Waals surface area contributed by atoms with E-state index in [2.05, 4.69) is 12.2 Å². The minimum absolute atomic E-state index is 0.228. The quantitative estimate of drug-likeness (QED) is 0.908. The first-order valence-corrected chi connectivity index (χ1v) is 7.09. The van der Waals surface area contributed by atoms with Gasteiger partial charge in [-0.3, -0.25) is 4.79 Å². The molecule has 1 atom stereocenters. The summed E-state index contributed by atoms with van der Waals surface area (Å²) < 4.78 is 5.55. The molecule has 0 aliphatic carbocycles. The maximum Gasteiger partial charge on any atom is 0.230 e. The van der Waals surface area contributed by atoms with Gasteiger partial charge < -0.3 is 14.6 Å². The topological polar surface area (TPSA) is 45.5 Å². The summed E-state index contributed by atoms with van der Waals surface area (Å²) in [5.74, 6) is 1.97. The Labute approximate surface area is 115 Å². The molecule has 1 aromatic rings. The van der Waals surface area contributed by atoms with E-state index in [1.165, 1.54) is 0 Å². The smallest absolute Gasteiger partial charge is 0.230 e. The van der Waals surface area contributed by atoms with Crippen molar-refractivity contribution < 1.29 is 9.21 Å². The first-order chi connectivity index (χ1) is 9.07. The van der Waals surface area contributed by atoms with Crippen LogP contribution < -0.4 is 5.32 Å². The van der Waals surface area contributed by atoms with Crippen LogP contribution in [0.4, 0.5) is 0 Å². The Hall–Kier alpha value is -1.29. The Morgan fingerprint density at radius 3 is 2.84 bits per heavy atom. The van der Waals surface area contributed by atoms with Gasteiger partial charge in [0, 0.05) is 13.6 Å². The molecule has 1 fully saturated rings. The number of piperidine rings is 1. The maximum absolute atomic E-state index is 12.7. The summed E-state index contributed by atoms with van der Waals surface area (Å²) in [6.07, 6.45) is 2.95. The van der Waals surface area contributed by atoms with Gasteiger partial charge in [0.15, 0.2) is 0 Å². The maximum atomic E-state index is 12.7. The van der Waals surface area contributed by atoms with E-state index in [1.807, 2.05) is 26.1 Å². The van der Waals surface area contributed by atoms with Gasteiger partial charge in [-0.15, -0.1) is 0 Å². The van der Waals surface area contributed by atoms with Crippen molar-refractivity contribution in [3.05, 3.63) is 23.7 Å². The number of aryl methyl sites for hydroxylation is 1. The molecule has 1 unspecified atom stereocenters. The first kappa shape index (κ1) is 14.1. The Balaban J connectivity index is 2.04. The SMILES string of the molecule is CCC1(C(=O)N(C)Cc2ccc(C)o2)CCCNC1. The summed E-state index contributed by atoms with van der Waals surface area (Å²) in [4.78, 5) is 14.5. The summed E-state index contributed by atoms with van der Waals surface area (Å²) in [6, 6.07) is 3.88. The van der Waals surface area contributed by atoms with Crippen LogP contribution in [0.15, 0.2) is 16.5 Å². The monoisotopic (exact) mass is 264 g/mol. The standard InChI is InChI=1S/C15H24N2O2/c1-4-15(8-5-9-16-11-15)14(18)17(3)10-13-7-6-12(2)19-13/h6-7,16H,4-5,8-11H2,1-3H3. The van der Waals surface area contributed by atoms with Crippen molar-refractivity contribution in [2.45, 2.75) is 39.7 Å². The molecule has 1 aliphatic rings. The normalized spacial score (nSPS) is 23.3. The number of nitrogens with one attached hydrogen (secondary N) is 1. The summed E-state index contributed by atoms with van der Waals surface area (Å²) in [5, 5.41) is 3.36. The van der Waals surface area contributed by atoms with Crippen molar-refractivity contribution in [1.82, 2.24) is 10.2 Å². The molecule has 0 radical (unpaired) electrons. The Kier molecular flexibility index (Phi) is 4.30. The van der Waals surface area contributed by atoms with Crippen LogP contribution in [-0.4, -0.2) is 30.9 Å². The molecule has 1 N–H and O–H groups in total. The highest BCUT2D eigenvalue weighted by atomic mass is 16.3. The van der Waals surface area contributed by atoms with Gasteiger partial charge in [-0.05, 0) is 44.9 Å². The number of carbonyl (C=O) groups excluding carboxylic acids is 1. The molecular weight excluding hydrogens is 240 g/mol. The highest BCUT2D eigenvalue weighted by molar-refractivity contribution is 5.82. The third-order valence-electron chi connectivity index (χ3n) is 4.14. The van der Waals surface area contributed by atoms with Gasteiger partial charge in [0.1, 0.15) is 11.5 Å². The van der Waals surface area contributed by atoms with E-state index in [0.29, 0.717) is 6.54 Å². The Morgan fingerprint density at radius 2 is 2.32 bits per heavy atom. The molecule has 0 aromatic carbocycles. The van der Waals surface area contributed by atoms with Crippen LogP contribution in [0, 0.1) is 12.3 Å². The fourth-order valence-electron chi connectivity index (χ4n) is 2.88. The van der Waals surface area contributed by atoms with E-state index in [9.17, 15) is 4.79 Å². The largest absolute Gasteiger partial charge is 0.464 e. The molecule has 0 spiro atoms. The Bertz CT molecular complexity index is 433. The summed E-state index contributed by atoms with van der Waals surface area (Å²) in [5.41, 5.74) is -0.228. The summed E-state index contributed by atoms with van der Waals surface area (Å²) >= 11 is 0. The van der Waals surface area contributed by atoms with Gasteiger partial charge in [0.05, 0.1) is 12.0 Å². The van der Waals surface area contributed by atoms with Crippen molar-refractivity contribution in [2.24, 2.45) is 5.41 Å². The number of rotatable bonds is 4. The van der Waals surface area contributed by atoms with Gasteiger partial charge in [0.2, 0.25) is 5.91 Å². The molecule has 2 heterocycles. The average Bonchev–Trinajstić information content (AvgIpc) is 2.84. The molecule has 2 rings (SSSR count). The minimum atomic E-state index is -0.228. The molecule has 0 bridgehead atoms. The summed E-state index contributed by atoms with van der Waals surface area (Å²) in [7, 11) is 1.87. The van der Waals surface area contributed by atoms with E-state index in [4.69, 9.17) is 4.42 Å². The van der Waals surface area contributed by atoms with Crippen LogP contribution in [0.5, 0.6) is 0 Å². The highest BCUT2D eigenvalue weighted by Crippen LogP contribution is 2.32. The van der Waals surface area contributed by atoms with Crippen LogP contribution in [0.3, 0.4) is 0 Å². The number of amides is 1. The lowest BCUT2D eigenvalue weighted by Gasteiger charge is -2.38. The van der Waals surface area contributed by atoms with Gasteiger partial charge in [-0.1, -0.05) is 6.92 Å². The van der Waals surface area contributed by atoms with Gasteiger partial charge >= 0.3 is 0 Å². The van der Waals surface area contributed by atoms with E-state index < -0.39 is 0 Å². The van der Waals surface area contributed by atoms with Crippen LogP contribution in [0.2, 0.25) is 0 Å². The molecule has 106 valence electrons. The number of nitrogens with zero attached hydrogens (tertiary/aromatic N) is 1. The molecule has 19 heavy (non-hydrogen) atoms. The fraction of sp³-hybridized carbons (Fsp3) is 0.667. The van der Waals surface area contributed by atoms with Crippen molar-refractivity contribution in [3.63, 3.8) is 0 Å². The molecule has 1 aliphatic heterocycles. The zero-order valence-electron chi connectivity index (χ0n) is 12.2. The van der Waals surface area contributed by atoms with Crippen molar-refractivity contribution in [3.8, 4) is 0 Å². The molecule has 1 amide bonds. The summed E-state index contributed by atoms with van der Waals surface area (Å²) in [6.45, 7) is 6.40. The lowest BCUT2D eigenvalue weighted by Crippen LogP contribution is -2.50. The van der Waals surface area contributed by atoms with E-state index >= 15 is 0 Å². The molecule has 4 heteroatoms. The lowest BCUT2D eigenvalue weighted by atomic mass is 9.77. The second-order valence-corrected chi connectivity index (χ2v) is 5.59. The lowest BCUT2D eigenvalue weighted by molar-refractivity contribution is -0.143. The van der Waals surface area contributed by atoms with Gasteiger partial charge in [-0.2, -0.15) is 0 Å². The highest BCUT2D eigenvalue weighted by Gasteiger charge is 2.39. The predicted octanol–water partition coefficient (Wildman–Crippen LogP) is 2.33. The first-order valence-electron chi connectivity index (χ1n) is 7.09. The third kappa shape index (κ3) is 3.00. The zero-order valence-corrected chi connectivity index (χ0v) is 12.2. The second kappa shape index (κ2) is 5.78. The van der Waals surface area contributed by atoms with Crippen LogP contribution >= 0.6 is 0 Å². The zero-order chi connectivity index (χ0) is 13.9. The number of hydrogen-bond donors (Lipinski definition) is 1.